The first-order valence-corrected chi connectivity index (χ1v) is 7.61. The summed E-state index contributed by atoms with van der Waals surface area (Å²) in [6.45, 7) is 0.448. The molecule has 0 saturated heterocycles. The lowest BCUT2D eigenvalue weighted by Gasteiger charge is -2.36. The molecule has 2 aromatic rings. The number of amides is 1. The average molecular weight is 303 g/mol. The van der Waals surface area contributed by atoms with E-state index < -0.39 is 0 Å². The van der Waals surface area contributed by atoms with E-state index in [0.29, 0.717) is 18.0 Å². The molecule has 2 aromatic heterocycles. The molecule has 118 valence electrons. The number of rotatable bonds is 4. The van der Waals surface area contributed by atoms with E-state index in [1.165, 1.54) is 6.42 Å². The number of carbonyl (C=O) groups is 1. The second-order valence-corrected chi connectivity index (χ2v) is 5.95. The lowest BCUT2D eigenvalue weighted by Crippen LogP contribution is -2.54. The Balaban J connectivity index is 1.74. The Hall–Kier alpha value is -2.15. The summed E-state index contributed by atoms with van der Waals surface area (Å²) in [6, 6.07) is 3.43. The summed E-state index contributed by atoms with van der Waals surface area (Å²) in [5.74, 6) is 0.245. The van der Waals surface area contributed by atoms with Crippen LogP contribution in [0.4, 0.5) is 0 Å². The monoisotopic (exact) mass is 303 g/mol. The van der Waals surface area contributed by atoms with Gasteiger partial charge in [-0.2, -0.15) is 5.10 Å². The van der Waals surface area contributed by atoms with Crippen LogP contribution in [0.3, 0.4) is 0 Å². The highest BCUT2D eigenvalue weighted by Crippen LogP contribution is 2.28. The molecule has 0 atom stereocenters. The number of nitrogens with zero attached hydrogens (tertiary/aromatic N) is 3. The minimum Gasteiger partial charge on any atom is -0.354 e. The highest BCUT2D eigenvalue weighted by atomic mass is 16.5. The van der Waals surface area contributed by atoms with Crippen molar-refractivity contribution in [3.63, 3.8) is 0 Å². The van der Waals surface area contributed by atoms with Gasteiger partial charge in [-0.15, -0.1) is 0 Å². The van der Waals surface area contributed by atoms with E-state index in [9.17, 15) is 4.79 Å². The van der Waals surface area contributed by atoms with Crippen LogP contribution in [0.1, 0.15) is 42.6 Å². The van der Waals surface area contributed by atoms with Crippen LogP contribution in [0.15, 0.2) is 22.9 Å². The van der Waals surface area contributed by atoms with Crippen LogP contribution in [-0.4, -0.2) is 32.9 Å². The zero-order valence-electron chi connectivity index (χ0n) is 12.7. The number of aromatic nitrogens is 3. The molecule has 0 aromatic carbocycles. The van der Waals surface area contributed by atoms with Crippen molar-refractivity contribution in [3.05, 3.63) is 24.0 Å². The molecule has 1 fully saturated rings. The molecular weight excluding hydrogens is 282 g/mol. The molecule has 3 rings (SSSR count). The van der Waals surface area contributed by atoms with E-state index in [1.54, 1.807) is 10.7 Å². The van der Waals surface area contributed by atoms with Crippen molar-refractivity contribution < 1.29 is 9.32 Å². The Labute approximate surface area is 128 Å². The van der Waals surface area contributed by atoms with Crippen molar-refractivity contribution in [2.75, 3.05) is 6.54 Å². The summed E-state index contributed by atoms with van der Waals surface area (Å²) in [4.78, 5) is 12.4. The lowest BCUT2D eigenvalue weighted by atomic mass is 9.81. The normalized spacial score (nSPS) is 17.4. The van der Waals surface area contributed by atoms with Crippen LogP contribution in [0.2, 0.25) is 0 Å². The van der Waals surface area contributed by atoms with Crippen molar-refractivity contribution in [1.82, 2.24) is 20.3 Å². The molecular formula is C15H21N5O2. The number of hydrogen-bond acceptors (Lipinski definition) is 5. The van der Waals surface area contributed by atoms with Crippen molar-refractivity contribution in [1.29, 1.82) is 0 Å². The Morgan fingerprint density at radius 2 is 2.23 bits per heavy atom. The maximum absolute atomic E-state index is 12.4. The van der Waals surface area contributed by atoms with Gasteiger partial charge in [-0.1, -0.05) is 24.4 Å². The number of aryl methyl sites for hydroxylation is 1. The number of nitrogens with two attached hydrogens (primary N) is 1. The third-order valence-electron chi connectivity index (χ3n) is 4.29. The minimum atomic E-state index is -0.306. The van der Waals surface area contributed by atoms with E-state index >= 15 is 0 Å². The van der Waals surface area contributed by atoms with Gasteiger partial charge in [-0.3, -0.25) is 9.48 Å². The fraction of sp³-hybridized carbons (Fsp3) is 0.533. The van der Waals surface area contributed by atoms with Crippen molar-refractivity contribution in [2.24, 2.45) is 12.8 Å². The second-order valence-electron chi connectivity index (χ2n) is 5.95. The molecule has 1 aliphatic rings. The summed E-state index contributed by atoms with van der Waals surface area (Å²) in [5, 5.41) is 11.1. The van der Waals surface area contributed by atoms with Crippen LogP contribution in [0.5, 0.6) is 0 Å². The first kappa shape index (κ1) is 14.8. The zero-order chi connectivity index (χ0) is 15.6. The van der Waals surface area contributed by atoms with Crippen molar-refractivity contribution >= 4 is 5.91 Å². The van der Waals surface area contributed by atoms with Crippen LogP contribution < -0.4 is 11.1 Å². The standard InChI is InChI=1S/C15H21N5O2/c1-20-8-5-11(18-20)13-9-12(19-22-13)14(21)17-15(10-16)6-3-2-4-7-15/h5,8-9H,2-4,6-7,10,16H2,1H3,(H,17,21). The molecule has 0 radical (unpaired) electrons. The average Bonchev–Trinajstić information content (AvgIpc) is 3.17. The summed E-state index contributed by atoms with van der Waals surface area (Å²) in [7, 11) is 1.82. The maximum atomic E-state index is 12.4. The van der Waals surface area contributed by atoms with Crippen LogP contribution in [0.25, 0.3) is 11.5 Å². The van der Waals surface area contributed by atoms with E-state index in [2.05, 4.69) is 15.6 Å². The first-order valence-electron chi connectivity index (χ1n) is 7.61. The predicted octanol–water partition coefficient (Wildman–Crippen LogP) is 1.47. The minimum absolute atomic E-state index is 0.238. The van der Waals surface area contributed by atoms with Crippen LogP contribution >= 0.6 is 0 Å². The maximum Gasteiger partial charge on any atom is 0.273 e. The fourth-order valence-electron chi connectivity index (χ4n) is 2.96. The summed E-state index contributed by atoms with van der Waals surface area (Å²) in [6.07, 6.45) is 7.03. The molecule has 1 amide bonds. The smallest absolute Gasteiger partial charge is 0.273 e. The highest BCUT2D eigenvalue weighted by Gasteiger charge is 2.33. The van der Waals surface area contributed by atoms with Gasteiger partial charge < -0.3 is 15.6 Å². The van der Waals surface area contributed by atoms with E-state index in [4.69, 9.17) is 10.3 Å². The fourth-order valence-corrected chi connectivity index (χ4v) is 2.96. The number of carbonyl (C=O) groups excluding carboxylic acids is 1. The summed E-state index contributed by atoms with van der Waals surface area (Å²) in [5.41, 5.74) is 6.50. The van der Waals surface area contributed by atoms with Gasteiger partial charge in [0.25, 0.3) is 5.91 Å². The van der Waals surface area contributed by atoms with Gasteiger partial charge in [0.1, 0.15) is 5.69 Å². The Bertz CT molecular complexity index is 654. The zero-order valence-corrected chi connectivity index (χ0v) is 12.7. The molecule has 1 aliphatic carbocycles. The van der Waals surface area contributed by atoms with Crippen molar-refractivity contribution in [2.45, 2.75) is 37.6 Å². The molecule has 0 unspecified atom stereocenters. The van der Waals surface area contributed by atoms with Gasteiger partial charge in [-0.25, -0.2) is 0 Å². The van der Waals surface area contributed by atoms with Gasteiger partial charge in [0, 0.05) is 25.9 Å². The molecule has 3 N–H and O–H groups in total. The Kier molecular flexibility index (Phi) is 3.98. The van der Waals surface area contributed by atoms with Gasteiger partial charge in [0.2, 0.25) is 0 Å². The molecule has 22 heavy (non-hydrogen) atoms. The van der Waals surface area contributed by atoms with Gasteiger partial charge in [0.05, 0.1) is 5.54 Å². The second kappa shape index (κ2) is 5.92. The number of nitrogens with one attached hydrogen (secondary N) is 1. The third kappa shape index (κ3) is 2.89. The lowest BCUT2D eigenvalue weighted by molar-refractivity contribution is 0.0865. The molecule has 0 bridgehead atoms. The Morgan fingerprint density at radius 1 is 1.45 bits per heavy atom. The predicted molar refractivity (Wildman–Crippen MR) is 81.0 cm³/mol. The molecule has 7 nitrogen and oxygen atoms in total. The SMILES string of the molecule is Cn1ccc(-c2cc(C(=O)NC3(CN)CCCCC3)no2)n1. The topological polar surface area (TPSA) is 99.0 Å². The van der Waals surface area contributed by atoms with Crippen molar-refractivity contribution in [3.8, 4) is 11.5 Å². The largest absolute Gasteiger partial charge is 0.354 e. The van der Waals surface area contributed by atoms with E-state index in [0.717, 1.165) is 25.7 Å². The number of hydrogen-bond donors (Lipinski definition) is 2. The molecule has 1 saturated carbocycles. The van der Waals surface area contributed by atoms with E-state index in [-0.39, 0.29) is 17.1 Å². The van der Waals surface area contributed by atoms with Gasteiger partial charge in [-0.05, 0) is 18.9 Å². The Morgan fingerprint density at radius 3 is 2.86 bits per heavy atom. The molecule has 0 aliphatic heterocycles. The van der Waals surface area contributed by atoms with Gasteiger partial charge in [0.15, 0.2) is 11.5 Å². The third-order valence-corrected chi connectivity index (χ3v) is 4.29. The first-order chi connectivity index (χ1) is 10.6. The molecule has 7 heteroatoms. The molecule has 2 heterocycles. The highest BCUT2D eigenvalue weighted by molar-refractivity contribution is 5.93. The summed E-state index contributed by atoms with van der Waals surface area (Å²) >= 11 is 0. The van der Waals surface area contributed by atoms with Crippen LogP contribution in [0, 0.1) is 0 Å². The summed E-state index contributed by atoms with van der Waals surface area (Å²) < 4.78 is 6.89. The van der Waals surface area contributed by atoms with Gasteiger partial charge >= 0.3 is 0 Å². The van der Waals surface area contributed by atoms with Crippen LogP contribution in [-0.2, 0) is 7.05 Å². The molecule has 0 spiro atoms. The quantitative estimate of drug-likeness (QED) is 0.891. The van der Waals surface area contributed by atoms with E-state index in [1.807, 2.05) is 19.3 Å².